The minimum absolute atomic E-state index is 0.390. The van der Waals surface area contributed by atoms with Crippen LogP contribution < -0.4 is 10.6 Å². The SMILES string of the molecule is Cc1nc(CN2CCCc3cc(C(N)=O)ccc32)no1. The fraction of sp³-hybridized carbons (Fsp3) is 0.357. The van der Waals surface area contributed by atoms with E-state index in [2.05, 4.69) is 15.0 Å². The summed E-state index contributed by atoms with van der Waals surface area (Å²) in [6.45, 7) is 3.33. The smallest absolute Gasteiger partial charge is 0.248 e. The maximum absolute atomic E-state index is 11.2. The fourth-order valence-electron chi connectivity index (χ4n) is 2.57. The van der Waals surface area contributed by atoms with Crippen LogP contribution in [0.1, 0.15) is 34.1 Å². The van der Waals surface area contributed by atoms with E-state index in [9.17, 15) is 4.79 Å². The van der Waals surface area contributed by atoms with E-state index in [1.165, 1.54) is 0 Å². The number of hydrogen-bond acceptors (Lipinski definition) is 5. The molecule has 20 heavy (non-hydrogen) atoms. The highest BCUT2D eigenvalue weighted by molar-refractivity contribution is 5.93. The second-order valence-electron chi connectivity index (χ2n) is 4.96. The van der Waals surface area contributed by atoms with Gasteiger partial charge < -0.3 is 15.2 Å². The Bertz CT molecular complexity index is 650. The average molecular weight is 272 g/mol. The molecule has 104 valence electrons. The number of fused-ring (bicyclic) bond motifs is 1. The standard InChI is InChI=1S/C14H16N4O2/c1-9-16-13(17-20-9)8-18-6-2-3-10-7-11(14(15)19)4-5-12(10)18/h4-5,7H,2-3,6,8H2,1H3,(H2,15,19). The molecule has 1 aliphatic heterocycles. The topological polar surface area (TPSA) is 85.3 Å². The third kappa shape index (κ3) is 2.36. The Labute approximate surface area is 116 Å². The molecule has 6 heteroatoms. The summed E-state index contributed by atoms with van der Waals surface area (Å²) in [5, 5.41) is 3.93. The number of anilines is 1. The number of carbonyl (C=O) groups is 1. The van der Waals surface area contributed by atoms with E-state index in [4.69, 9.17) is 10.3 Å². The Balaban J connectivity index is 1.88. The van der Waals surface area contributed by atoms with Crippen LogP contribution in [0.15, 0.2) is 22.7 Å². The molecule has 0 atom stereocenters. The second kappa shape index (κ2) is 4.96. The molecule has 0 unspecified atom stereocenters. The summed E-state index contributed by atoms with van der Waals surface area (Å²) in [6.07, 6.45) is 1.99. The van der Waals surface area contributed by atoms with E-state index in [1.54, 1.807) is 13.0 Å². The monoisotopic (exact) mass is 272 g/mol. The third-order valence-corrected chi connectivity index (χ3v) is 3.48. The Morgan fingerprint density at radius 3 is 3.05 bits per heavy atom. The zero-order chi connectivity index (χ0) is 14.1. The van der Waals surface area contributed by atoms with Crippen molar-refractivity contribution in [2.45, 2.75) is 26.3 Å². The number of benzene rings is 1. The highest BCUT2D eigenvalue weighted by Gasteiger charge is 2.19. The molecule has 0 radical (unpaired) electrons. The fourth-order valence-corrected chi connectivity index (χ4v) is 2.57. The molecule has 1 aromatic heterocycles. The van der Waals surface area contributed by atoms with Crippen molar-refractivity contribution < 1.29 is 9.32 Å². The minimum Gasteiger partial charge on any atom is -0.366 e. The Hall–Kier alpha value is -2.37. The first-order valence-electron chi connectivity index (χ1n) is 6.60. The average Bonchev–Trinajstić information content (AvgIpc) is 2.84. The molecule has 0 bridgehead atoms. The van der Waals surface area contributed by atoms with Gasteiger partial charge in [-0.2, -0.15) is 4.98 Å². The summed E-state index contributed by atoms with van der Waals surface area (Å²) in [6, 6.07) is 5.59. The highest BCUT2D eigenvalue weighted by atomic mass is 16.5. The summed E-state index contributed by atoms with van der Waals surface area (Å²) in [7, 11) is 0. The molecule has 0 spiro atoms. The van der Waals surface area contributed by atoms with Crippen molar-refractivity contribution in [3.63, 3.8) is 0 Å². The molecule has 0 fully saturated rings. The molecule has 3 rings (SSSR count). The van der Waals surface area contributed by atoms with E-state index >= 15 is 0 Å². The van der Waals surface area contributed by atoms with Crippen LogP contribution in [0.2, 0.25) is 0 Å². The number of primary amides is 1. The van der Waals surface area contributed by atoms with Gasteiger partial charge in [-0.1, -0.05) is 5.16 Å². The highest BCUT2D eigenvalue weighted by Crippen LogP contribution is 2.28. The van der Waals surface area contributed by atoms with Crippen LogP contribution in [0.25, 0.3) is 0 Å². The maximum atomic E-state index is 11.2. The lowest BCUT2D eigenvalue weighted by Crippen LogP contribution is -2.29. The molecule has 2 N–H and O–H groups in total. The van der Waals surface area contributed by atoms with Gasteiger partial charge in [0.15, 0.2) is 5.82 Å². The lowest BCUT2D eigenvalue weighted by atomic mass is 9.99. The molecule has 1 aromatic carbocycles. The molecule has 6 nitrogen and oxygen atoms in total. The van der Waals surface area contributed by atoms with E-state index in [-0.39, 0.29) is 0 Å². The van der Waals surface area contributed by atoms with Gasteiger partial charge >= 0.3 is 0 Å². The molecule has 0 aliphatic carbocycles. The molecule has 0 saturated heterocycles. The number of hydrogen-bond donors (Lipinski definition) is 1. The van der Waals surface area contributed by atoms with Crippen molar-refractivity contribution in [1.29, 1.82) is 0 Å². The molecular formula is C14H16N4O2. The van der Waals surface area contributed by atoms with E-state index < -0.39 is 5.91 Å². The van der Waals surface area contributed by atoms with Gasteiger partial charge in [-0.15, -0.1) is 0 Å². The summed E-state index contributed by atoms with van der Waals surface area (Å²) in [5.74, 6) is 0.856. The predicted molar refractivity (Wildman–Crippen MR) is 73.4 cm³/mol. The largest absolute Gasteiger partial charge is 0.366 e. The van der Waals surface area contributed by atoms with Gasteiger partial charge in [0.25, 0.3) is 0 Å². The lowest BCUT2D eigenvalue weighted by Gasteiger charge is -2.30. The summed E-state index contributed by atoms with van der Waals surface area (Å²) in [4.78, 5) is 17.7. The quantitative estimate of drug-likeness (QED) is 0.913. The number of carbonyl (C=O) groups excluding carboxylic acids is 1. The number of aromatic nitrogens is 2. The Kier molecular flexibility index (Phi) is 3.14. The zero-order valence-electron chi connectivity index (χ0n) is 11.3. The van der Waals surface area contributed by atoms with Crippen molar-refractivity contribution in [3.05, 3.63) is 41.0 Å². The van der Waals surface area contributed by atoms with E-state index in [1.807, 2.05) is 12.1 Å². The van der Waals surface area contributed by atoms with Gasteiger partial charge in [-0.05, 0) is 36.6 Å². The molecular weight excluding hydrogens is 256 g/mol. The predicted octanol–water partition coefficient (Wildman–Crippen LogP) is 1.43. The van der Waals surface area contributed by atoms with Crippen molar-refractivity contribution in [1.82, 2.24) is 10.1 Å². The second-order valence-corrected chi connectivity index (χ2v) is 4.96. The van der Waals surface area contributed by atoms with Crippen molar-refractivity contribution >= 4 is 11.6 Å². The van der Waals surface area contributed by atoms with Gasteiger partial charge in [-0.3, -0.25) is 4.79 Å². The molecule has 1 aliphatic rings. The first-order valence-corrected chi connectivity index (χ1v) is 6.60. The van der Waals surface area contributed by atoms with Crippen LogP contribution in [0, 0.1) is 6.92 Å². The van der Waals surface area contributed by atoms with Crippen LogP contribution in [0.4, 0.5) is 5.69 Å². The zero-order valence-corrected chi connectivity index (χ0v) is 11.3. The molecule has 1 amide bonds. The van der Waals surface area contributed by atoms with Crippen LogP contribution in [-0.2, 0) is 13.0 Å². The number of rotatable bonds is 3. The van der Waals surface area contributed by atoms with E-state index in [0.29, 0.717) is 23.8 Å². The van der Waals surface area contributed by atoms with Gasteiger partial charge in [0.05, 0.1) is 6.54 Å². The molecule has 0 saturated carbocycles. The first-order chi connectivity index (χ1) is 9.63. The van der Waals surface area contributed by atoms with Crippen LogP contribution >= 0.6 is 0 Å². The van der Waals surface area contributed by atoms with Crippen molar-refractivity contribution in [2.24, 2.45) is 5.73 Å². The first kappa shape index (κ1) is 12.7. The van der Waals surface area contributed by atoms with Crippen molar-refractivity contribution in [2.75, 3.05) is 11.4 Å². The maximum Gasteiger partial charge on any atom is 0.248 e. The Morgan fingerprint density at radius 2 is 2.35 bits per heavy atom. The number of aryl methyl sites for hydroxylation is 2. The van der Waals surface area contributed by atoms with Gasteiger partial charge in [0.1, 0.15) is 0 Å². The van der Waals surface area contributed by atoms with Crippen LogP contribution in [-0.4, -0.2) is 22.6 Å². The summed E-state index contributed by atoms with van der Waals surface area (Å²) in [5.41, 5.74) is 8.14. The van der Waals surface area contributed by atoms with Gasteiger partial charge in [-0.25, -0.2) is 0 Å². The normalized spacial score (nSPS) is 14.2. The van der Waals surface area contributed by atoms with Gasteiger partial charge in [0, 0.05) is 24.7 Å². The van der Waals surface area contributed by atoms with Crippen LogP contribution in [0.5, 0.6) is 0 Å². The third-order valence-electron chi connectivity index (χ3n) is 3.48. The summed E-state index contributed by atoms with van der Waals surface area (Å²) < 4.78 is 5.00. The number of amides is 1. The molecule has 2 heterocycles. The van der Waals surface area contributed by atoms with Crippen molar-refractivity contribution in [3.8, 4) is 0 Å². The van der Waals surface area contributed by atoms with E-state index in [0.717, 1.165) is 30.6 Å². The van der Waals surface area contributed by atoms with Gasteiger partial charge in [0.2, 0.25) is 11.8 Å². The van der Waals surface area contributed by atoms with Crippen LogP contribution in [0.3, 0.4) is 0 Å². The number of nitrogens with two attached hydrogens (primary N) is 1. The molecule has 2 aromatic rings. The lowest BCUT2D eigenvalue weighted by molar-refractivity contribution is 0.1000. The minimum atomic E-state index is -0.390. The number of nitrogens with zero attached hydrogens (tertiary/aromatic N) is 3. The summed E-state index contributed by atoms with van der Waals surface area (Å²) >= 11 is 0. The Morgan fingerprint density at radius 1 is 1.50 bits per heavy atom.